The number of aromatic amines is 1. The number of nitrogens with zero attached hydrogens (tertiary/aromatic N) is 3. The van der Waals surface area contributed by atoms with Crippen LogP contribution >= 0.6 is 11.8 Å². The fourth-order valence-electron chi connectivity index (χ4n) is 3.93. The van der Waals surface area contributed by atoms with Gasteiger partial charge in [-0.15, -0.1) is 0 Å². The summed E-state index contributed by atoms with van der Waals surface area (Å²) in [5, 5.41) is 0. The molecule has 162 valence electrons. The molecule has 0 aliphatic carbocycles. The number of carbonyl (C=O) groups excluding carboxylic acids is 1. The molecule has 9 heteroatoms. The minimum absolute atomic E-state index is 0.132. The number of sulfonamides is 1. The van der Waals surface area contributed by atoms with Gasteiger partial charge >= 0.3 is 0 Å². The number of carbonyl (C=O) groups is 1. The summed E-state index contributed by atoms with van der Waals surface area (Å²) in [6.07, 6.45) is 2.35. The molecule has 0 radical (unpaired) electrons. The van der Waals surface area contributed by atoms with Gasteiger partial charge in [0.05, 0.1) is 0 Å². The molecule has 2 saturated heterocycles. The van der Waals surface area contributed by atoms with Crippen molar-refractivity contribution in [3.63, 3.8) is 0 Å². The summed E-state index contributed by atoms with van der Waals surface area (Å²) in [4.78, 5) is 20.3. The van der Waals surface area contributed by atoms with E-state index in [1.54, 1.807) is 11.8 Å². The van der Waals surface area contributed by atoms with Crippen LogP contribution in [0.15, 0.2) is 47.5 Å². The van der Waals surface area contributed by atoms with Crippen LogP contribution in [0.3, 0.4) is 0 Å². The molecule has 1 N–H and O–H groups in total. The fourth-order valence-corrected chi connectivity index (χ4v) is 6.50. The third kappa shape index (κ3) is 4.91. The number of hydrogen-bond donors (Lipinski definition) is 1. The third-order valence-electron chi connectivity index (χ3n) is 5.62. The van der Waals surface area contributed by atoms with Crippen molar-refractivity contribution in [1.82, 2.24) is 19.1 Å². The van der Waals surface area contributed by atoms with Crippen LogP contribution in [0.5, 0.6) is 0 Å². The van der Waals surface area contributed by atoms with Gasteiger partial charge in [0.1, 0.15) is 10.6 Å². The van der Waals surface area contributed by atoms with Gasteiger partial charge in [-0.05, 0) is 18.1 Å². The molecule has 0 atom stereocenters. The van der Waals surface area contributed by atoms with E-state index >= 15 is 0 Å². The molecule has 0 saturated carbocycles. The van der Waals surface area contributed by atoms with E-state index in [4.69, 9.17) is 0 Å². The van der Waals surface area contributed by atoms with Crippen LogP contribution in [0.1, 0.15) is 22.5 Å². The summed E-state index contributed by atoms with van der Waals surface area (Å²) in [6, 6.07) is 11.8. The van der Waals surface area contributed by atoms with Crippen LogP contribution in [0.2, 0.25) is 0 Å². The van der Waals surface area contributed by atoms with Crippen LogP contribution in [-0.2, 0) is 16.6 Å². The van der Waals surface area contributed by atoms with Gasteiger partial charge in [-0.3, -0.25) is 9.69 Å². The number of nitrogens with one attached hydrogen (secondary N) is 1. The van der Waals surface area contributed by atoms with Crippen molar-refractivity contribution in [3.8, 4) is 0 Å². The molecule has 30 heavy (non-hydrogen) atoms. The predicted octanol–water partition coefficient (Wildman–Crippen LogP) is 2.10. The number of rotatable bonds is 5. The molecule has 2 aliphatic heterocycles. The van der Waals surface area contributed by atoms with E-state index in [-0.39, 0.29) is 10.8 Å². The monoisotopic (exact) mass is 448 g/mol. The zero-order valence-electron chi connectivity index (χ0n) is 17.0. The smallest absolute Gasteiger partial charge is 0.270 e. The van der Waals surface area contributed by atoms with Crippen molar-refractivity contribution < 1.29 is 13.2 Å². The Morgan fingerprint density at radius 3 is 2.53 bits per heavy atom. The van der Waals surface area contributed by atoms with Crippen LogP contribution in [0.4, 0.5) is 0 Å². The van der Waals surface area contributed by atoms with Gasteiger partial charge in [-0.2, -0.15) is 16.1 Å². The molecule has 0 bridgehead atoms. The second kappa shape index (κ2) is 9.55. The Balaban J connectivity index is 1.39. The second-order valence-corrected chi connectivity index (χ2v) is 10.8. The molecular weight excluding hydrogens is 420 g/mol. The minimum Gasteiger partial charge on any atom is -0.356 e. The number of aromatic nitrogens is 1. The zero-order valence-corrected chi connectivity index (χ0v) is 18.6. The minimum atomic E-state index is -3.55. The Bertz CT molecular complexity index is 956. The van der Waals surface area contributed by atoms with E-state index in [0.29, 0.717) is 31.9 Å². The van der Waals surface area contributed by atoms with Gasteiger partial charge in [0.15, 0.2) is 0 Å². The lowest BCUT2D eigenvalue weighted by Crippen LogP contribution is -2.37. The lowest BCUT2D eigenvalue weighted by Gasteiger charge is -2.25. The summed E-state index contributed by atoms with van der Waals surface area (Å²) in [6.45, 7) is 4.97. The normalized spacial score (nSPS) is 19.5. The maximum atomic E-state index is 13.0. The van der Waals surface area contributed by atoms with Crippen molar-refractivity contribution in [3.05, 3.63) is 53.9 Å². The van der Waals surface area contributed by atoms with Crippen LogP contribution in [-0.4, -0.2) is 84.2 Å². The van der Waals surface area contributed by atoms with Gasteiger partial charge < -0.3 is 9.88 Å². The molecule has 2 aliphatic rings. The van der Waals surface area contributed by atoms with Crippen LogP contribution in [0.25, 0.3) is 0 Å². The first-order valence-corrected chi connectivity index (χ1v) is 13.0. The Labute approximate surface area is 182 Å². The molecule has 7 nitrogen and oxygen atoms in total. The molecule has 1 aromatic carbocycles. The molecule has 2 fully saturated rings. The average Bonchev–Trinajstić information content (AvgIpc) is 3.17. The second-order valence-electron chi connectivity index (χ2n) is 7.67. The number of thioether (sulfide) groups is 1. The number of amides is 1. The summed E-state index contributed by atoms with van der Waals surface area (Å²) in [7, 11) is -3.55. The molecule has 0 spiro atoms. The van der Waals surface area contributed by atoms with Crippen molar-refractivity contribution >= 4 is 27.7 Å². The SMILES string of the molecule is O=C(c1cc(S(=O)(=O)N2CCSCC2)c[nH]1)N1CCCN(Cc2ccccc2)CC1. The Morgan fingerprint density at radius 1 is 1.00 bits per heavy atom. The zero-order chi connectivity index (χ0) is 21.0. The highest BCUT2D eigenvalue weighted by molar-refractivity contribution is 7.99. The Hall–Kier alpha value is -1.81. The third-order valence-corrected chi connectivity index (χ3v) is 8.44. The van der Waals surface area contributed by atoms with Gasteiger partial charge in [0.25, 0.3) is 5.91 Å². The topological polar surface area (TPSA) is 76.7 Å². The quantitative estimate of drug-likeness (QED) is 0.758. The van der Waals surface area contributed by atoms with E-state index in [1.165, 1.54) is 22.1 Å². The van der Waals surface area contributed by atoms with E-state index < -0.39 is 10.0 Å². The van der Waals surface area contributed by atoms with Crippen molar-refractivity contribution in [2.75, 3.05) is 50.8 Å². The molecule has 1 amide bonds. The lowest BCUT2D eigenvalue weighted by atomic mass is 10.2. The number of hydrogen-bond acceptors (Lipinski definition) is 5. The summed E-state index contributed by atoms with van der Waals surface area (Å²) < 4.78 is 27.2. The summed E-state index contributed by atoms with van der Waals surface area (Å²) in [5.74, 6) is 1.48. The van der Waals surface area contributed by atoms with Gasteiger partial charge in [0.2, 0.25) is 10.0 Å². The van der Waals surface area contributed by atoms with Crippen molar-refractivity contribution in [1.29, 1.82) is 0 Å². The highest BCUT2D eigenvalue weighted by Gasteiger charge is 2.29. The largest absolute Gasteiger partial charge is 0.356 e. The molecule has 2 aromatic rings. The highest BCUT2D eigenvalue weighted by Crippen LogP contribution is 2.21. The standard InChI is InChI=1S/C21H28N4O3S2/c26-21(20-15-19(16-22-20)30(27,28)25-11-13-29-14-12-25)24-8-4-7-23(9-10-24)17-18-5-2-1-3-6-18/h1-3,5-6,15-16,22H,4,7-14,17H2. The molecule has 3 heterocycles. The first kappa shape index (κ1) is 21.4. The van der Waals surface area contributed by atoms with Crippen LogP contribution < -0.4 is 0 Å². The summed E-state index contributed by atoms with van der Waals surface area (Å²) in [5.41, 5.74) is 1.61. The highest BCUT2D eigenvalue weighted by atomic mass is 32.2. The number of H-pyrrole nitrogens is 1. The van der Waals surface area contributed by atoms with E-state index in [2.05, 4.69) is 22.0 Å². The molecule has 0 unspecified atom stereocenters. The van der Waals surface area contributed by atoms with Crippen molar-refractivity contribution in [2.45, 2.75) is 17.9 Å². The van der Waals surface area contributed by atoms with Crippen LogP contribution in [0, 0.1) is 0 Å². The van der Waals surface area contributed by atoms with Gasteiger partial charge in [-0.1, -0.05) is 30.3 Å². The fraction of sp³-hybridized carbons (Fsp3) is 0.476. The van der Waals surface area contributed by atoms with Gasteiger partial charge in [0, 0.05) is 63.5 Å². The van der Waals surface area contributed by atoms with Gasteiger partial charge in [-0.25, -0.2) is 8.42 Å². The van der Waals surface area contributed by atoms with E-state index in [9.17, 15) is 13.2 Å². The molecule has 1 aromatic heterocycles. The predicted molar refractivity (Wildman–Crippen MR) is 119 cm³/mol. The maximum absolute atomic E-state index is 13.0. The van der Waals surface area contributed by atoms with E-state index in [0.717, 1.165) is 37.6 Å². The Kier molecular flexibility index (Phi) is 6.82. The summed E-state index contributed by atoms with van der Waals surface area (Å²) >= 11 is 1.76. The average molecular weight is 449 g/mol. The molecular formula is C21H28N4O3S2. The lowest BCUT2D eigenvalue weighted by molar-refractivity contribution is 0.0756. The molecule has 4 rings (SSSR count). The first-order valence-electron chi connectivity index (χ1n) is 10.4. The number of benzene rings is 1. The maximum Gasteiger partial charge on any atom is 0.270 e. The van der Waals surface area contributed by atoms with E-state index in [1.807, 2.05) is 23.1 Å². The first-order chi connectivity index (χ1) is 14.5. The Morgan fingerprint density at radius 2 is 1.77 bits per heavy atom. The van der Waals surface area contributed by atoms with Crippen molar-refractivity contribution in [2.24, 2.45) is 0 Å².